The highest BCUT2D eigenvalue weighted by Crippen LogP contribution is 2.21. The number of aromatic nitrogens is 2. The van der Waals surface area contributed by atoms with Gasteiger partial charge in [0.15, 0.2) is 0 Å². The monoisotopic (exact) mass is 312 g/mol. The van der Waals surface area contributed by atoms with E-state index in [-0.39, 0.29) is 5.91 Å². The lowest BCUT2D eigenvalue weighted by atomic mass is 10.1. The summed E-state index contributed by atoms with van der Waals surface area (Å²) in [5.41, 5.74) is 3.77. The number of hydrogen-bond acceptors (Lipinski definition) is 4. The topological polar surface area (TPSA) is 58.1 Å². The minimum Gasteiger partial charge on any atom is -0.340 e. The summed E-state index contributed by atoms with van der Waals surface area (Å²) in [6.45, 7) is 6.97. The Balaban J connectivity index is 2.16. The number of carbonyl (C=O) groups excluding carboxylic acids is 1. The standard InChI is InChI=1S/C18H24N4O/c1-5-6-10-22(4)18(23)16-11-17(20-12-19-16)21-15-9-7-8-13(2)14(15)3/h7-9,11-12H,5-6,10H2,1-4H3,(H,19,20,21). The first-order valence-electron chi connectivity index (χ1n) is 7.93. The van der Waals surface area contributed by atoms with E-state index in [1.165, 1.54) is 17.5 Å². The van der Waals surface area contributed by atoms with Gasteiger partial charge in [0.05, 0.1) is 0 Å². The maximum Gasteiger partial charge on any atom is 0.272 e. The molecule has 122 valence electrons. The number of benzene rings is 1. The third-order valence-electron chi connectivity index (χ3n) is 3.95. The lowest BCUT2D eigenvalue weighted by Crippen LogP contribution is -2.28. The Kier molecular flexibility index (Phi) is 5.68. The van der Waals surface area contributed by atoms with Crippen LogP contribution in [0.2, 0.25) is 0 Å². The summed E-state index contributed by atoms with van der Waals surface area (Å²) in [6.07, 6.45) is 3.47. The number of nitrogens with zero attached hydrogens (tertiary/aromatic N) is 3. The van der Waals surface area contributed by atoms with Gasteiger partial charge in [0.1, 0.15) is 17.8 Å². The lowest BCUT2D eigenvalue weighted by molar-refractivity contribution is 0.0787. The first-order chi connectivity index (χ1) is 11.0. The second-order valence-electron chi connectivity index (χ2n) is 5.74. The Morgan fingerprint density at radius 3 is 2.78 bits per heavy atom. The predicted molar refractivity (Wildman–Crippen MR) is 93.1 cm³/mol. The van der Waals surface area contributed by atoms with Crippen molar-refractivity contribution in [3.8, 4) is 0 Å². The van der Waals surface area contributed by atoms with E-state index in [1.807, 2.05) is 12.1 Å². The van der Waals surface area contributed by atoms with Crippen LogP contribution in [0, 0.1) is 13.8 Å². The second kappa shape index (κ2) is 7.72. The Morgan fingerprint density at radius 2 is 2.04 bits per heavy atom. The van der Waals surface area contributed by atoms with Gasteiger partial charge in [-0.15, -0.1) is 0 Å². The van der Waals surface area contributed by atoms with Crippen LogP contribution in [0.25, 0.3) is 0 Å². The molecule has 0 spiro atoms. The van der Waals surface area contributed by atoms with Gasteiger partial charge < -0.3 is 10.2 Å². The molecular weight excluding hydrogens is 288 g/mol. The Bertz CT molecular complexity index is 684. The van der Waals surface area contributed by atoms with Crippen LogP contribution in [0.1, 0.15) is 41.4 Å². The van der Waals surface area contributed by atoms with Gasteiger partial charge >= 0.3 is 0 Å². The van der Waals surface area contributed by atoms with Crippen LogP contribution in [-0.2, 0) is 0 Å². The van der Waals surface area contributed by atoms with Crippen LogP contribution in [0.15, 0.2) is 30.6 Å². The Morgan fingerprint density at radius 1 is 1.26 bits per heavy atom. The Labute approximate surface area is 137 Å². The fourth-order valence-electron chi connectivity index (χ4n) is 2.26. The van der Waals surface area contributed by atoms with E-state index < -0.39 is 0 Å². The van der Waals surface area contributed by atoms with Crippen molar-refractivity contribution in [3.05, 3.63) is 47.4 Å². The first-order valence-corrected chi connectivity index (χ1v) is 7.93. The van der Waals surface area contributed by atoms with Crippen LogP contribution in [0.4, 0.5) is 11.5 Å². The van der Waals surface area contributed by atoms with Crippen LogP contribution >= 0.6 is 0 Å². The van der Waals surface area contributed by atoms with Crippen molar-refractivity contribution in [3.63, 3.8) is 0 Å². The molecule has 5 heteroatoms. The van der Waals surface area contributed by atoms with Gasteiger partial charge in [0, 0.05) is 25.3 Å². The zero-order valence-electron chi connectivity index (χ0n) is 14.3. The van der Waals surface area contributed by atoms with E-state index in [4.69, 9.17) is 0 Å². The molecule has 1 aromatic carbocycles. The van der Waals surface area contributed by atoms with Crippen molar-refractivity contribution >= 4 is 17.4 Å². The average molecular weight is 312 g/mol. The molecule has 2 rings (SSSR count). The molecule has 0 aliphatic rings. The molecule has 5 nitrogen and oxygen atoms in total. The number of anilines is 2. The van der Waals surface area contributed by atoms with Crippen LogP contribution in [0.3, 0.4) is 0 Å². The van der Waals surface area contributed by atoms with E-state index in [0.29, 0.717) is 11.5 Å². The normalized spacial score (nSPS) is 10.4. The van der Waals surface area contributed by atoms with Crippen molar-refractivity contribution in [2.45, 2.75) is 33.6 Å². The summed E-state index contributed by atoms with van der Waals surface area (Å²) in [5.74, 6) is 0.547. The highest BCUT2D eigenvalue weighted by Gasteiger charge is 2.14. The van der Waals surface area contributed by atoms with Gasteiger partial charge in [-0.05, 0) is 37.5 Å². The highest BCUT2D eigenvalue weighted by molar-refractivity contribution is 5.92. The van der Waals surface area contributed by atoms with E-state index in [0.717, 1.165) is 25.1 Å². The molecule has 0 bridgehead atoms. The number of hydrogen-bond donors (Lipinski definition) is 1. The zero-order chi connectivity index (χ0) is 16.8. The molecule has 0 fully saturated rings. The summed E-state index contributed by atoms with van der Waals surface area (Å²) in [7, 11) is 1.80. The van der Waals surface area contributed by atoms with Crippen LogP contribution in [-0.4, -0.2) is 34.4 Å². The van der Waals surface area contributed by atoms with Gasteiger partial charge in [-0.1, -0.05) is 25.5 Å². The summed E-state index contributed by atoms with van der Waals surface area (Å²) in [6, 6.07) is 7.76. The maximum absolute atomic E-state index is 12.4. The zero-order valence-corrected chi connectivity index (χ0v) is 14.3. The number of aryl methyl sites for hydroxylation is 1. The number of unbranched alkanes of at least 4 members (excludes halogenated alkanes) is 1. The first kappa shape index (κ1) is 16.9. The molecule has 0 atom stereocenters. The summed E-state index contributed by atoms with van der Waals surface area (Å²) in [5, 5.41) is 3.27. The molecule has 1 heterocycles. The molecule has 0 saturated carbocycles. The Hall–Kier alpha value is -2.43. The van der Waals surface area contributed by atoms with Gasteiger partial charge in [0.2, 0.25) is 0 Å². The number of rotatable bonds is 6. The largest absolute Gasteiger partial charge is 0.340 e. The smallest absolute Gasteiger partial charge is 0.272 e. The molecule has 0 saturated heterocycles. The summed E-state index contributed by atoms with van der Waals surface area (Å²) in [4.78, 5) is 22.4. The van der Waals surface area contributed by atoms with Crippen molar-refractivity contribution in [1.29, 1.82) is 0 Å². The molecule has 0 radical (unpaired) electrons. The number of nitrogens with one attached hydrogen (secondary N) is 1. The van der Waals surface area contributed by atoms with Crippen LogP contribution < -0.4 is 5.32 Å². The fraction of sp³-hybridized carbons (Fsp3) is 0.389. The van der Waals surface area contributed by atoms with Gasteiger partial charge in [0.25, 0.3) is 5.91 Å². The second-order valence-corrected chi connectivity index (χ2v) is 5.74. The summed E-state index contributed by atoms with van der Waals surface area (Å²) >= 11 is 0. The van der Waals surface area contributed by atoms with Crippen molar-refractivity contribution in [1.82, 2.24) is 14.9 Å². The molecule has 0 aliphatic carbocycles. The fourth-order valence-corrected chi connectivity index (χ4v) is 2.26. The van der Waals surface area contributed by atoms with E-state index in [1.54, 1.807) is 18.0 Å². The maximum atomic E-state index is 12.4. The molecule has 2 aromatic rings. The minimum atomic E-state index is -0.0788. The predicted octanol–water partition coefficient (Wildman–Crippen LogP) is 3.71. The third-order valence-corrected chi connectivity index (χ3v) is 3.95. The molecule has 0 unspecified atom stereocenters. The quantitative estimate of drug-likeness (QED) is 0.883. The highest BCUT2D eigenvalue weighted by atomic mass is 16.2. The molecular formula is C18H24N4O. The van der Waals surface area contributed by atoms with E-state index >= 15 is 0 Å². The molecule has 0 aliphatic heterocycles. The molecule has 1 amide bonds. The van der Waals surface area contributed by atoms with Gasteiger partial charge in [-0.2, -0.15) is 0 Å². The summed E-state index contributed by atoms with van der Waals surface area (Å²) < 4.78 is 0. The third kappa shape index (κ3) is 4.28. The van der Waals surface area contributed by atoms with Crippen molar-refractivity contribution in [2.24, 2.45) is 0 Å². The lowest BCUT2D eigenvalue weighted by Gasteiger charge is -2.16. The average Bonchev–Trinajstić information content (AvgIpc) is 2.56. The number of carbonyl (C=O) groups is 1. The number of amides is 1. The van der Waals surface area contributed by atoms with E-state index in [2.05, 4.69) is 42.1 Å². The van der Waals surface area contributed by atoms with Gasteiger partial charge in [-0.3, -0.25) is 4.79 Å². The minimum absolute atomic E-state index is 0.0788. The molecule has 23 heavy (non-hydrogen) atoms. The van der Waals surface area contributed by atoms with Gasteiger partial charge in [-0.25, -0.2) is 9.97 Å². The molecule has 1 aromatic heterocycles. The molecule has 1 N–H and O–H groups in total. The van der Waals surface area contributed by atoms with Crippen molar-refractivity contribution in [2.75, 3.05) is 18.9 Å². The van der Waals surface area contributed by atoms with E-state index in [9.17, 15) is 4.79 Å². The SMILES string of the molecule is CCCCN(C)C(=O)c1cc(Nc2cccc(C)c2C)ncn1. The van der Waals surface area contributed by atoms with Crippen molar-refractivity contribution < 1.29 is 4.79 Å². The van der Waals surface area contributed by atoms with Crippen LogP contribution in [0.5, 0.6) is 0 Å².